The summed E-state index contributed by atoms with van der Waals surface area (Å²) in [5, 5.41) is 9.97. The molecule has 1 N–H and O–H groups in total. The van der Waals surface area contributed by atoms with Crippen molar-refractivity contribution in [2.75, 3.05) is 19.7 Å². The second kappa shape index (κ2) is 10.2. The van der Waals surface area contributed by atoms with Crippen LogP contribution in [0.2, 0.25) is 0 Å². The third kappa shape index (κ3) is 6.02. The number of carboxylic acid groups (broad SMARTS) is 1. The lowest BCUT2D eigenvalue weighted by Gasteiger charge is -2.38. The highest BCUT2D eigenvalue weighted by atomic mass is 79.9. The van der Waals surface area contributed by atoms with Crippen molar-refractivity contribution in [3.8, 4) is 17.6 Å². The lowest BCUT2D eigenvalue weighted by Crippen LogP contribution is -2.46. The fourth-order valence-electron chi connectivity index (χ4n) is 3.30. The molecule has 1 saturated heterocycles. The van der Waals surface area contributed by atoms with Gasteiger partial charge < -0.3 is 9.84 Å². The van der Waals surface area contributed by atoms with Crippen molar-refractivity contribution in [2.45, 2.75) is 36.0 Å². The average Bonchev–Trinajstić information content (AvgIpc) is 2.72. The van der Waals surface area contributed by atoms with E-state index in [1.165, 1.54) is 17.3 Å². The highest BCUT2D eigenvalue weighted by Gasteiger charge is 2.42. The van der Waals surface area contributed by atoms with Gasteiger partial charge in [-0.1, -0.05) is 34.0 Å². The molecule has 6 heteroatoms. The molecule has 0 amide bonds. The van der Waals surface area contributed by atoms with E-state index >= 15 is 0 Å². The van der Waals surface area contributed by atoms with Gasteiger partial charge >= 0.3 is 5.97 Å². The van der Waals surface area contributed by atoms with Gasteiger partial charge in [-0.25, -0.2) is 0 Å². The monoisotopic (exact) mass is 473 g/mol. The molecule has 0 bridgehead atoms. The number of hydrogen-bond acceptors (Lipinski definition) is 4. The van der Waals surface area contributed by atoms with E-state index in [0.717, 1.165) is 34.8 Å². The van der Waals surface area contributed by atoms with Gasteiger partial charge in [0.15, 0.2) is 0 Å². The summed E-state index contributed by atoms with van der Waals surface area (Å²) < 4.78 is 5.81. The highest BCUT2D eigenvalue weighted by Crippen LogP contribution is 2.42. The van der Waals surface area contributed by atoms with Crippen LogP contribution in [0.4, 0.5) is 0 Å². The standard InChI is InChI=1S/C23H24BrNO3S/c1-2-3-16-28-20-8-10-21(11-9-20)29-23(22(26)27)12-14-25(15-13-23)17-18-4-6-19(24)7-5-18/h4-11H,12-17H2,1H3,(H,26,27). The molecule has 3 rings (SSSR count). The van der Waals surface area contributed by atoms with Crippen LogP contribution in [0, 0.1) is 11.8 Å². The number of rotatable bonds is 7. The largest absolute Gasteiger partial charge is 0.481 e. The number of ether oxygens (including phenoxy) is 1. The van der Waals surface area contributed by atoms with Crippen LogP contribution < -0.4 is 4.74 Å². The zero-order valence-electron chi connectivity index (χ0n) is 16.4. The molecular weight excluding hydrogens is 450 g/mol. The Morgan fingerprint density at radius 1 is 1.17 bits per heavy atom. The van der Waals surface area contributed by atoms with Gasteiger partial charge in [0.05, 0.1) is 0 Å². The molecule has 0 atom stereocenters. The summed E-state index contributed by atoms with van der Waals surface area (Å²) in [6.45, 7) is 4.52. The molecule has 29 heavy (non-hydrogen) atoms. The minimum Gasteiger partial charge on any atom is -0.481 e. The fourth-order valence-corrected chi connectivity index (χ4v) is 4.76. The molecule has 2 aromatic rings. The lowest BCUT2D eigenvalue weighted by molar-refractivity contribution is -0.141. The SMILES string of the molecule is CC#CCOc1ccc(SC2(C(=O)O)CCN(Cc3ccc(Br)cc3)CC2)cc1. The Labute approximate surface area is 184 Å². The van der Waals surface area contributed by atoms with Gasteiger partial charge in [0.25, 0.3) is 0 Å². The van der Waals surface area contributed by atoms with Crippen LogP contribution in [0.15, 0.2) is 57.9 Å². The molecule has 1 aliphatic rings. The number of piperidine rings is 1. The Hall–Kier alpha value is -1.94. The lowest BCUT2D eigenvalue weighted by atomic mass is 9.95. The number of likely N-dealkylation sites (tertiary alicyclic amines) is 1. The number of halogens is 1. The molecular formula is C23H24BrNO3S. The van der Waals surface area contributed by atoms with Gasteiger partial charge in [0.1, 0.15) is 17.1 Å². The molecule has 0 spiro atoms. The van der Waals surface area contributed by atoms with Gasteiger partial charge in [-0.2, -0.15) is 0 Å². The van der Waals surface area contributed by atoms with Gasteiger partial charge in [0.2, 0.25) is 0 Å². The smallest absolute Gasteiger partial charge is 0.320 e. The number of carbonyl (C=O) groups is 1. The molecule has 1 fully saturated rings. The van der Waals surface area contributed by atoms with E-state index in [1.54, 1.807) is 6.92 Å². The zero-order valence-corrected chi connectivity index (χ0v) is 18.8. The van der Waals surface area contributed by atoms with E-state index in [1.807, 2.05) is 36.4 Å². The first-order valence-corrected chi connectivity index (χ1v) is 11.1. The molecule has 2 aromatic carbocycles. The van der Waals surface area contributed by atoms with Crippen LogP contribution >= 0.6 is 27.7 Å². The Bertz CT molecular complexity index is 879. The fraction of sp³-hybridized carbons (Fsp3) is 0.348. The number of aliphatic carboxylic acids is 1. The predicted octanol–water partition coefficient (Wildman–Crippen LogP) is 5.06. The first-order valence-electron chi connectivity index (χ1n) is 9.52. The molecule has 1 aliphatic heterocycles. The maximum Gasteiger partial charge on any atom is 0.320 e. The molecule has 4 nitrogen and oxygen atoms in total. The number of nitrogens with zero attached hydrogens (tertiary/aromatic N) is 1. The van der Waals surface area contributed by atoms with Crippen molar-refractivity contribution in [1.82, 2.24) is 4.90 Å². The third-order valence-corrected chi connectivity index (χ3v) is 7.01. The highest BCUT2D eigenvalue weighted by molar-refractivity contribution is 9.10. The van der Waals surface area contributed by atoms with E-state index in [4.69, 9.17) is 4.74 Å². The predicted molar refractivity (Wildman–Crippen MR) is 120 cm³/mol. The Morgan fingerprint density at radius 3 is 2.41 bits per heavy atom. The van der Waals surface area contributed by atoms with Crippen molar-refractivity contribution < 1.29 is 14.6 Å². The summed E-state index contributed by atoms with van der Waals surface area (Å²) in [6.07, 6.45) is 1.24. The summed E-state index contributed by atoms with van der Waals surface area (Å²) in [7, 11) is 0. The first kappa shape index (κ1) is 21.8. The van der Waals surface area contributed by atoms with Gasteiger partial charge in [-0.15, -0.1) is 17.7 Å². The Kier molecular flexibility index (Phi) is 7.65. The zero-order chi connectivity index (χ0) is 20.7. The molecule has 0 radical (unpaired) electrons. The maximum absolute atomic E-state index is 12.1. The van der Waals surface area contributed by atoms with Crippen LogP contribution in [0.25, 0.3) is 0 Å². The molecule has 0 unspecified atom stereocenters. The second-order valence-corrected chi connectivity index (χ2v) is 9.36. The van der Waals surface area contributed by atoms with Crippen LogP contribution in [0.5, 0.6) is 5.75 Å². The van der Waals surface area contributed by atoms with Crippen molar-refractivity contribution >= 4 is 33.7 Å². The minimum atomic E-state index is -0.785. The molecule has 0 saturated carbocycles. The van der Waals surface area contributed by atoms with E-state index < -0.39 is 10.7 Å². The quantitative estimate of drug-likeness (QED) is 0.569. The number of carboxylic acids is 1. The van der Waals surface area contributed by atoms with Crippen LogP contribution in [-0.4, -0.2) is 40.4 Å². The summed E-state index contributed by atoms with van der Waals surface area (Å²) in [5.41, 5.74) is 1.24. The van der Waals surface area contributed by atoms with E-state index in [2.05, 4.69) is 44.8 Å². The molecule has 152 valence electrons. The molecule has 0 aliphatic carbocycles. The summed E-state index contributed by atoms with van der Waals surface area (Å²) in [5.74, 6) is 5.66. The third-order valence-electron chi connectivity index (χ3n) is 5.00. The summed E-state index contributed by atoms with van der Waals surface area (Å²) >= 11 is 4.91. The van der Waals surface area contributed by atoms with Crippen molar-refractivity contribution in [2.24, 2.45) is 0 Å². The van der Waals surface area contributed by atoms with Crippen LogP contribution in [0.1, 0.15) is 25.3 Å². The van der Waals surface area contributed by atoms with E-state index in [9.17, 15) is 9.90 Å². The van der Waals surface area contributed by atoms with E-state index in [-0.39, 0.29) is 0 Å². The van der Waals surface area contributed by atoms with Gasteiger partial charge in [0, 0.05) is 29.0 Å². The summed E-state index contributed by atoms with van der Waals surface area (Å²) in [6, 6.07) is 15.9. The minimum absolute atomic E-state index is 0.357. The van der Waals surface area contributed by atoms with Gasteiger partial charge in [-0.05, 0) is 61.7 Å². The molecule has 0 aromatic heterocycles. The average molecular weight is 474 g/mol. The van der Waals surface area contributed by atoms with Crippen molar-refractivity contribution in [3.63, 3.8) is 0 Å². The van der Waals surface area contributed by atoms with Gasteiger partial charge in [-0.3, -0.25) is 9.69 Å². The normalized spacial score (nSPS) is 15.9. The summed E-state index contributed by atoms with van der Waals surface area (Å²) in [4.78, 5) is 15.4. The Morgan fingerprint density at radius 2 is 1.83 bits per heavy atom. The molecule has 1 heterocycles. The van der Waals surface area contributed by atoms with Crippen LogP contribution in [-0.2, 0) is 11.3 Å². The Balaban J connectivity index is 1.60. The van der Waals surface area contributed by atoms with Crippen molar-refractivity contribution in [3.05, 3.63) is 58.6 Å². The second-order valence-electron chi connectivity index (χ2n) is 6.99. The topological polar surface area (TPSA) is 49.8 Å². The van der Waals surface area contributed by atoms with Crippen LogP contribution in [0.3, 0.4) is 0 Å². The number of hydrogen-bond donors (Lipinski definition) is 1. The maximum atomic E-state index is 12.1. The number of thioether (sulfide) groups is 1. The van der Waals surface area contributed by atoms with Crippen molar-refractivity contribution in [1.29, 1.82) is 0 Å². The van der Waals surface area contributed by atoms with E-state index in [0.29, 0.717) is 19.4 Å². The number of benzene rings is 2. The first-order chi connectivity index (χ1) is 14.0.